The first kappa shape index (κ1) is 13.5. The Morgan fingerprint density at radius 3 is 2.59 bits per heavy atom. The van der Waals surface area contributed by atoms with E-state index in [0.717, 1.165) is 24.6 Å². The maximum Gasteiger partial charge on any atom is 0.224 e. The molecule has 0 radical (unpaired) electrons. The van der Waals surface area contributed by atoms with Crippen molar-refractivity contribution in [3.05, 3.63) is 5.56 Å². The number of anilines is 2. The number of rotatable bonds is 5. The van der Waals surface area contributed by atoms with Crippen molar-refractivity contribution in [2.75, 3.05) is 23.3 Å². The van der Waals surface area contributed by atoms with Gasteiger partial charge in [-0.25, -0.2) is 0 Å². The van der Waals surface area contributed by atoms with Gasteiger partial charge in [0.05, 0.1) is 0 Å². The summed E-state index contributed by atoms with van der Waals surface area (Å²) in [6.07, 6.45) is 0.392. The molecule has 0 unspecified atom stereocenters. The predicted octanol–water partition coefficient (Wildman–Crippen LogP) is 2.21. The number of nitrogens with one attached hydrogen (secondary N) is 1. The van der Waals surface area contributed by atoms with Gasteiger partial charge in [-0.15, -0.1) is 0 Å². The van der Waals surface area contributed by atoms with Gasteiger partial charge in [0.15, 0.2) is 5.82 Å². The Morgan fingerprint density at radius 1 is 1.47 bits per heavy atom. The molecule has 1 rings (SSSR count). The summed E-state index contributed by atoms with van der Waals surface area (Å²) < 4.78 is 4.25. The molecule has 0 spiro atoms. The lowest BCUT2D eigenvalue weighted by Crippen LogP contribution is -2.23. The van der Waals surface area contributed by atoms with Crippen LogP contribution in [-0.4, -0.2) is 23.4 Å². The van der Waals surface area contributed by atoms with Gasteiger partial charge >= 0.3 is 0 Å². The van der Waals surface area contributed by atoms with Gasteiger partial charge in [-0.05, 0) is 25.4 Å². The molecule has 1 aromatic rings. The first-order valence-corrected chi connectivity index (χ1v) is 6.39. The topological polar surface area (TPSA) is 69.0 Å². The van der Waals surface area contributed by atoms with Crippen LogP contribution < -0.4 is 10.2 Å². The Hall–Kier alpha value is -1.61. The van der Waals surface area contributed by atoms with E-state index in [1.807, 2.05) is 18.7 Å². The third-order valence-electron chi connectivity index (χ3n) is 2.42. The lowest BCUT2D eigenvalue weighted by molar-refractivity contribution is -0.115. The molecular weight excluding hydrogens is 236 g/mol. The number of carbonyl (C=O) groups is 1. The van der Waals surface area contributed by atoms with E-state index in [2.05, 4.69) is 15.8 Å². The molecule has 17 heavy (non-hydrogen) atoms. The predicted molar refractivity (Wildman–Crippen MR) is 69.3 cm³/mol. The maximum atomic E-state index is 11.3. The molecule has 0 aromatic carbocycles. The fourth-order valence-corrected chi connectivity index (χ4v) is 2.19. The van der Waals surface area contributed by atoms with Crippen LogP contribution >= 0.6 is 11.5 Å². The molecule has 0 atom stereocenters. The van der Waals surface area contributed by atoms with Crippen LogP contribution in [0.25, 0.3) is 0 Å². The van der Waals surface area contributed by atoms with E-state index in [1.165, 1.54) is 0 Å². The molecule has 6 heteroatoms. The molecule has 0 saturated heterocycles. The number of hydrogen-bond acceptors (Lipinski definition) is 5. The summed E-state index contributed by atoms with van der Waals surface area (Å²) in [5.74, 6) is 0.560. The number of carbonyl (C=O) groups excluding carboxylic acids is 1. The van der Waals surface area contributed by atoms with Gasteiger partial charge < -0.3 is 10.2 Å². The number of nitrogens with zero attached hydrogens (tertiary/aromatic N) is 3. The third kappa shape index (κ3) is 2.94. The number of hydrogen-bond donors (Lipinski definition) is 1. The number of aromatic nitrogens is 1. The third-order valence-corrected chi connectivity index (χ3v) is 3.18. The summed E-state index contributed by atoms with van der Waals surface area (Å²) in [4.78, 5) is 13.3. The van der Waals surface area contributed by atoms with E-state index in [9.17, 15) is 4.79 Å². The van der Waals surface area contributed by atoms with Crippen molar-refractivity contribution in [3.63, 3.8) is 0 Å². The highest BCUT2D eigenvalue weighted by Crippen LogP contribution is 2.30. The molecular formula is C11H16N4OS. The summed E-state index contributed by atoms with van der Waals surface area (Å²) >= 11 is 1.16. The van der Waals surface area contributed by atoms with Gasteiger partial charge in [0, 0.05) is 19.5 Å². The minimum absolute atomic E-state index is 0.101. The number of amides is 1. The van der Waals surface area contributed by atoms with Crippen molar-refractivity contribution >= 4 is 28.3 Å². The standard InChI is InChI=1S/C11H16N4OS/c1-4-9(16)13-11-8(7-12)10(14-17-11)15(5-2)6-3/h4-6H2,1-3H3,(H,13,16). The van der Waals surface area contributed by atoms with Crippen molar-refractivity contribution in [1.29, 1.82) is 5.26 Å². The van der Waals surface area contributed by atoms with E-state index in [0.29, 0.717) is 22.8 Å². The Bertz CT molecular complexity index is 431. The first-order chi connectivity index (χ1) is 8.17. The van der Waals surface area contributed by atoms with Crippen molar-refractivity contribution in [3.8, 4) is 6.07 Å². The SMILES string of the molecule is CCC(=O)Nc1snc(N(CC)CC)c1C#N. The number of nitriles is 1. The summed E-state index contributed by atoms with van der Waals surface area (Å²) in [6, 6.07) is 2.11. The highest BCUT2D eigenvalue weighted by molar-refractivity contribution is 7.11. The zero-order chi connectivity index (χ0) is 12.8. The van der Waals surface area contributed by atoms with Gasteiger partial charge in [0.2, 0.25) is 5.91 Å². The van der Waals surface area contributed by atoms with Crippen molar-refractivity contribution < 1.29 is 4.79 Å². The van der Waals surface area contributed by atoms with Crippen LogP contribution in [0.3, 0.4) is 0 Å². The molecule has 0 aliphatic rings. The lowest BCUT2D eigenvalue weighted by Gasteiger charge is -2.17. The fourth-order valence-electron chi connectivity index (χ4n) is 1.42. The Morgan fingerprint density at radius 2 is 2.12 bits per heavy atom. The summed E-state index contributed by atoms with van der Waals surface area (Å²) in [7, 11) is 0. The van der Waals surface area contributed by atoms with E-state index in [1.54, 1.807) is 6.92 Å². The smallest absolute Gasteiger partial charge is 0.224 e. The average molecular weight is 252 g/mol. The Kier molecular flexibility index (Phi) is 4.91. The van der Waals surface area contributed by atoms with Crippen LogP contribution in [0.15, 0.2) is 0 Å². The quantitative estimate of drug-likeness (QED) is 0.872. The second-order valence-corrected chi connectivity index (χ2v) is 4.17. The molecule has 0 saturated carbocycles. The van der Waals surface area contributed by atoms with E-state index in [4.69, 9.17) is 5.26 Å². The van der Waals surface area contributed by atoms with Crippen LogP contribution in [0, 0.1) is 11.3 Å². The summed E-state index contributed by atoms with van der Waals surface area (Å²) in [5.41, 5.74) is 0.459. The van der Waals surface area contributed by atoms with Gasteiger partial charge in [-0.3, -0.25) is 4.79 Å². The first-order valence-electron chi connectivity index (χ1n) is 5.62. The van der Waals surface area contributed by atoms with Crippen LogP contribution in [0.1, 0.15) is 32.8 Å². The van der Waals surface area contributed by atoms with Crippen LogP contribution in [-0.2, 0) is 4.79 Å². The van der Waals surface area contributed by atoms with Crippen LogP contribution in [0.5, 0.6) is 0 Å². The second-order valence-electron chi connectivity index (χ2n) is 3.40. The molecule has 0 aliphatic carbocycles. The lowest BCUT2D eigenvalue weighted by atomic mass is 10.3. The molecule has 0 fully saturated rings. The van der Waals surface area contributed by atoms with Gasteiger partial charge in [-0.2, -0.15) is 9.64 Å². The van der Waals surface area contributed by atoms with Gasteiger partial charge in [-0.1, -0.05) is 6.92 Å². The van der Waals surface area contributed by atoms with Crippen LogP contribution in [0.2, 0.25) is 0 Å². The summed E-state index contributed by atoms with van der Waals surface area (Å²) in [6.45, 7) is 7.36. The molecule has 1 amide bonds. The highest BCUT2D eigenvalue weighted by atomic mass is 32.1. The molecule has 1 heterocycles. The zero-order valence-electron chi connectivity index (χ0n) is 10.3. The van der Waals surface area contributed by atoms with E-state index >= 15 is 0 Å². The monoisotopic (exact) mass is 252 g/mol. The van der Waals surface area contributed by atoms with Crippen molar-refractivity contribution in [2.24, 2.45) is 0 Å². The molecule has 0 aliphatic heterocycles. The van der Waals surface area contributed by atoms with Gasteiger partial charge in [0.25, 0.3) is 0 Å². The summed E-state index contributed by atoms with van der Waals surface area (Å²) in [5, 5.41) is 12.4. The Balaban J connectivity index is 3.03. The average Bonchev–Trinajstić information content (AvgIpc) is 2.73. The fraction of sp³-hybridized carbons (Fsp3) is 0.545. The molecule has 5 nitrogen and oxygen atoms in total. The van der Waals surface area contributed by atoms with E-state index in [-0.39, 0.29) is 5.91 Å². The Labute approximate surface area is 105 Å². The molecule has 1 N–H and O–H groups in total. The minimum atomic E-state index is -0.101. The maximum absolute atomic E-state index is 11.3. The second kappa shape index (κ2) is 6.21. The van der Waals surface area contributed by atoms with Gasteiger partial charge in [0.1, 0.15) is 16.6 Å². The van der Waals surface area contributed by atoms with Crippen molar-refractivity contribution in [1.82, 2.24) is 4.37 Å². The zero-order valence-corrected chi connectivity index (χ0v) is 11.1. The largest absolute Gasteiger partial charge is 0.355 e. The van der Waals surface area contributed by atoms with Crippen molar-refractivity contribution in [2.45, 2.75) is 27.2 Å². The molecule has 92 valence electrons. The minimum Gasteiger partial charge on any atom is -0.355 e. The van der Waals surface area contributed by atoms with Crippen LogP contribution in [0.4, 0.5) is 10.8 Å². The normalized spacial score (nSPS) is 9.76. The molecule has 0 bridgehead atoms. The van der Waals surface area contributed by atoms with E-state index < -0.39 is 0 Å². The molecule has 1 aromatic heterocycles. The highest BCUT2D eigenvalue weighted by Gasteiger charge is 2.18.